The first-order valence-corrected chi connectivity index (χ1v) is 11.2. The van der Waals surface area contributed by atoms with E-state index in [1.165, 1.54) is 0 Å². The van der Waals surface area contributed by atoms with Crippen LogP contribution >= 0.6 is 0 Å². The van der Waals surface area contributed by atoms with Gasteiger partial charge in [0.25, 0.3) is 0 Å². The van der Waals surface area contributed by atoms with Crippen LogP contribution in [0.1, 0.15) is 26.3 Å². The molecule has 1 fully saturated rings. The van der Waals surface area contributed by atoms with Gasteiger partial charge in [-0.25, -0.2) is 14.6 Å². The lowest BCUT2D eigenvalue weighted by molar-refractivity contribution is -0.0517. The van der Waals surface area contributed by atoms with Gasteiger partial charge in [-0.15, -0.1) is 0 Å². The van der Waals surface area contributed by atoms with Crippen molar-refractivity contribution in [2.45, 2.75) is 51.0 Å². The molecule has 4 N–H and O–H groups in total. The van der Waals surface area contributed by atoms with Gasteiger partial charge in [0.1, 0.15) is 11.4 Å². The Morgan fingerprint density at radius 2 is 1.91 bits per heavy atom. The van der Waals surface area contributed by atoms with Crippen LogP contribution in [0, 0.1) is 0 Å². The van der Waals surface area contributed by atoms with Crippen molar-refractivity contribution in [3.05, 3.63) is 42.2 Å². The number of rotatable bonds is 9. The van der Waals surface area contributed by atoms with Gasteiger partial charge in [-0.3, -0.25) is 0 Å². The molecule has 1 aliphatic rings. The molecule has 0 saturated carbocycles. The van der Waals surface area contributed by atoms with Gasteiger partial charge in [0, 0.05) is 32.0 Å². The Labute approximate surface area is 198 Å². The number of hydrogen-bond donors (Lipinski definition) is 4. The molecule has 0 aliphatic carbocycles. The summed E-state index contributed by atoms with van der Waals surface area (Å²) in [4.78, 5) is 31.7. The molecule has 11 nitrogen and oxygen atoms in total. The van der Waals surface area contributed by atoms with Crippen LogP contribution < -0.4 is 20.7 Å². The number of imidazole rings is 1. The second-order valence-corrected chi connectivity index (χ2v) is 8.85. The number of anilines is 1. The van der Waals surface area contributed by atoms with Gasteiger partial charge in [0.05, 0.1) is 13.2 Å². The zero-order valence-corrected chi connectivity index (χ0v) is 19.9. The SMILES string of the molecule is COc1ccc(C[C@H]2NC[C@H](OC(=O)OC(C)(C)C)[C@H]2OC(=O)NCCNc2ncc[nH]2)cc1. The summed E-state index contributed by atoms with van der Waals surface area (Å²) in [6.45, 7) is 6.38. The van der Waals surface area contributed by atoms with Crippen LogP contribution in [0.2, 0.25) is 0 Å². The molecule has 0 bridgehead atoms. The average molecular weight is 476 g/mol. The third kappa shape index (κ3) is 7.84. The van der Waals surface area contributed by atoms with Crippen molar-refractivity contribution in [1.82, 2.24) is 20.6 Å². The Hall–Kier alpha value is -3.47. The minimum absolute atomic E-state index is 0.257. The van der Waals surface area contributed by atoms with Crippen LogP contribution in [-0.2, 0) is 20.6 Å². The Kier molecular flexibility index (Phi) is 8.58. The minimum Gasteiger partial charge on any atom is -0.497 e. The van der Waals surface area contributed by atoms with Crippen LogP contribution in [0.5, 0.6) is 5.75 Å². The smallest absolute Gasteiger partial charge is 0.497 e. The maximum absolute atomic E-state index is 12.5. The van der Waals surface area contributed by atoms with Crippen LogP contribution in [0.15, 0.2) is 36.7 Å². The first-order chi connectivity index (χ1) is 16.2. The van der Waals surface area contributed by atoms with Gasteiger partial charge in [-0.2, -0.15) is 0 Å². The number of hydrogen-bond acceptors (Lipinski definition) is 9. The molecule has 1 amide bonds. The van der Waals surface area contributed by atoms with Crippen LogP contribution in [0.4, 0.5) is 15.5 Å². The van der Waals surface area contributed by atoms with Crippen LogP contribution in [-0.4, -0.2) is 72.8 Å². The summed E-state index contributed by atoms with van der Waals surface area (Å²) in [6.07, 6.45) is 1.10. The summed E-state index contributed by atoms with van der Waals surface area (Å²) in [5.41, 5.74) is 0.327. The molecular weight excluding hydrogens is 442 g/mol. The van der Waals surface area contributed by atoms with E-state index in [1.807, 2.05) is 24.3 Å². The van der Waals surface area contributed by atoms with Crippen molar-refractivity contribution in [3.8, 4) is 5.75 Å². The fourth-order valence-corrected chi connectivity index (χ4v) is 3.50. The fraction of sp³-hybridized carbons (Fsp3) is 0.522. The van der Waals surface area contributed by atoms with E-state index in [-0.39, 0.29) is 6.04 Å². The number of carbonyl (C=O) groups excluding carboxylic acids is 2. The van der Waals surface area contributed by atoms with Crippen molar-refractivity contribution < 1.29 is 28.5 Å². The number of ether oxygens (including phenoxy) is 4. The van der Waals surface area contributed by atoms with E-state index in [0.29, 0.717) is 32.0 Å². The lowest BCUT2D eigenvalue weighted by Gasteiger charge is -2.26. The molecule has 2 heterocycles. The van der Waals surface area contributed by atoms with Crippen molar-refractivity contribution in [3.63, 3.8) is 0 Å². The molecule has 2 aromatic rings. The Morgan fingerprint density at radius 3 is 2.56 bits per heavy atom. The fourth-order valence-electron chi connectivity index (χ4n) is 3.50. The molecule has 3 atom stereocenters. The number of aromatic nitrogens is 2. The third-order valence-electron chi connectivity index (χ3n) is 5.02. The largest absolute Gasteiger partial charge is 0.509 e. The van der Waals surface area contributed by atoms with E-state index in [2.05, 4.69) is 25.9 Å². The summed E-state index contributed by atoms with van der Waals surface area (Å²) >= 11 is 0. The van der Waals surface area contributed by atoms with Gasteiger partial charge in [-0.1, -0.05) is 12.1 Å². The minimum atomic E-state index is -0.805. The summed E-state index contributed by atoms with van der Waals surface area (Å²) in [5.74, 6) is 1.37. The van der Waals surface area contributed by atoms with Crippen molar-refractivity contribution in [1.29, 1.82) is 0 Å². The highest BCUT2D eigenvalue weighted by atomic mass is 16.7. The lowest BCUT2D eigenvalue weighted by Crippen LogP contribution is -2.43. The molecule has 1 saturated heterocycles. The molecule has 34 heavy (non-hydrogen) atoms. The number of amides is 1. The predicted molar refractivity (Wildman–Crippen MR) is 125 cm³/mol. The molecule has 3 rings (SSSR count). The molecule has 1 aliphatic heterocycles. The summed E-state index contributed by atoms with van der Waals surface area (Å²) < 4.78 is 21.7. The number of methoxy groups -OCH3 is 1. The third-order valence-corrected chi connectivity index (χ3v) is 5.02. The van der Waals surface area contributed by atoms with Gasteiger partial charge in [0.15, 0.2) is 18.2 Å². The normalized spacial score (nSPS) is 19.8. The number of carbonyl (C=O) groups is 2. The van der Waals surface area contributed by atoms with Gasteiger partial charge >= 0.3 is 12.2 Å². The van der Waals surface area contributed by atoms with Crippen molar-refractivity contribution in [2.75, 3.05) is 32.1 Å². The lowest BCUT2D eigenvalue weighted by atomic mass is 10.0. The Morgan fingerprint density at radius 1 is 1.15 bits per heavy atom. The number of aromatic amines is 1. The van der Waals surface area contributed by atoms with E-state index in [1.54, 1.807) is 40.3 Å². The summed E-state index contributed by atoms with van der Waals surface area (Å²) in [5, 5.41) is 9.04. The number of benzene rings is 1. The highest BCUT2D eigenvalue weighted by molar-refractivity contribution is 5.67. The van der Waals surface area contributed by atoms with Crippen LogP contribution in [0.3, 0.4) is 0 Å². The summed E-state index contributed by atoms with van der Waals surface area (Å²) in [6, 6.07) is 7.37. The van der Waals surface area contributed by atoms with E-state index < -0.39 is 30.1 Å². The molecule has 1 aromatic heterocycles. The van der Waals surface area contributed by atoms with Gasteiger partial charge in [0.2, 0.25) is 0 Å². The Bertz CT molecular complexity index is 913. The number of alkyl carbamates (subject to hydrolysis) is 1. The molecule has 0 spiro atoms. The number of H-pyrrole nitrogens is 1. The first-order valence-electron chi connectivity index (χ1n) is 11.2. The highest BCUT2D eigenvalue weighted by Crippen LogP contribution is 2.22. The zero-order chi connectivity index (χ0) is 24.6. The van der Waals surface area contributed by atoms with E-state index in [4.69, 9.17) is 18.9 Å². The van der Waals surface area contributed by atoms with Gasteiger partial charge in [-0.05, 0) is 44.9 Å². The highest BCUT2D eigenvalue weighted by Gasteiger charge is 2.42. The number of nitrogens with zero attached hydrogens (tertiary/aromatic N) is 1. The predicted octanol–water partition coefficient (Wildman–Crippen LogP) is 2.46. The Balaban J connectivity index is 1.59. The van der Waals surface area contributed by atoms with E-state index in [9.17, 15) is 9.59 Å². The summed E-state index contributed by atoms with van der Waals surface area (Å²) in [7, 11) is 1.61. The molecule has 186 valence electrons. The van der Waals surface area contributed by atoms with Crippen molar-refractivity contribution >= 4 is 18.2 Å². The second kappa shape index (κ2) is 11.6. The van der Waals surface area contributed by atoms with Gasteiger partial charge < -0.3 is 39.9 Å². The maximum Gasteiger partial charge on any atom is 0.509 e. The quantitative estimate of drug-likeness (QED) is 0.318. The van der Waals surface area contributed by atoms with E-state index >= 15 is 0 Å². The number of nitrogens with one attached hydrogen (secondary N) is 4. The van der Waals surface area contributed by atoms with E-state index in [0.717, 1.165) is 11.3 Å². The molecule has 11 heteroatoms. The molecule has 0 radical (unpaired) electrons. The molecule has 1 aromatic carbocycles. The zero-order valence-electron chi connectivity index (χ0n) is 19.9. The molecule has 0 unspecified atom stereocenters. The first kappa shape index (κ1) is 25.2. The standard InChI is InChI=1S/C23H33N5O6/c1-23(2,3)34-22(30)32-18-14-28-17(13-15-5-7-16(31-4)8-6-15)19(18)33-21(29)27-12-11-26-20-24-9-10-25-20/h5-10,17-19,28H,11-14H2,1-4H3,(H,27,29)(H2,24,25,26)/t17-,18+,19+/m1/s1. The maximum atomic E-state index is 12.5. The van der Waals surface area contributed by atoms with Crippen LogP contribution in [0.25, 0.3) is 0 Å². The second-order valence-electron chi connectivity index (χ2n) is 8.85. The van der Waals surface area contributed by atoms with Crippen molar-refractivity contribution in [2.24, 2.45) is 0 Å². The topological polar surface area (TPSA) is 136 Å². The molecular formula is C23H33N5O6. The average Bonchev–Trinajstić information content (AvgIpc) is 3.42. The monoisotopic (exact) mass is 475 g/mol.